The van der Waals surface area contributed by atoms with Crippen LogP contribution >= 0.6 is 23.5 Å². The Morgan fingerprint density at radius 2 is 1.72 bits per heavy atom. The molecule has 18 heavy (non-hydrogen) atoms. The number of thioether (sulfide) groups is 2. The lowest BCUT2D eigenvalue weighted by molar-refractivity contribution is -0.137. The predicted octanol–water partition coefficient (Wildman–Crippen LogP) is 4.67. The van der Waals surface area contributed by atoms with Crippen molar-refractivity contribution in [1.29, 1.82) is 0 Å². The summed E-state index contributed by atoms with van der Waals surface area (Å²) in [7, 11) is 0. The minimum Gasteiger partial charge on any atom is -0.481 e. The maximum Gasteiger partial charge on any atom is 0.303 e. The first-order valence-corrected chi connectivity index (χ1v) is 8.89. The van der Waals surface area contributed by atoms with E-state index in [2.05, 4.69) is 27.7 Å². The molecule has 0 spiro atoms. The fourth-order valence-electron chi connectivity index (χ4n) is 1.75. The van der Waals surface area contributed by atoms with Gasteiger partial charge in [0, 0.05) is 11.7 Å². The molecule has 0 heterocycles. The zero-order valence-corrected chi connectivity index (χ0v) is 13.8. The Hall–Kier alpha value is 0.170. The van der Waals surface area contributed by atoms with Gasteiger partial charge in [-0.25, -0.2) is 0 Å². The maximum absolute atomic E-state index is 10.5. The van der Waals surface area contributed by atoms with Gasteiger partial charge in [-0.15, -0.1) is 0 Å². The monoisotopic (exact) mass is 292 g/mol. The van der Waals surface area contributed by atoms with Gasteiger partial charge in [0.1, 0.15) is 0 Å². The summed E-state index contributed by atoms with van der Waals surface area (Å²) in [6.07, 6.45) is 4.60. The van der Waals surface area contributed by atoms with E-state index < -0.39 is 5.97 Å². The van der Waals surface area contributed by atoms with Gasteiger partial charge in [-0.3, -0.25) is 4.79 Å². The molecule has 0 aliphatic rings. The SMILES string of the molecule is CC(C)SCCC(CCCCC(=O)O)SC(C)C. The fourth-order valence-corrected chi connectivity index (χ4v) is 4.12. The van der Waals surface area contributed by atoms with Crippen molar-refractivity contribution in [2.45, 2.75) is 75.5 Å². The lowest BCUT2D eigenvalue weighted by Gasteiger charge is -2.19. The topological polar surface area (TPSA) is 37.3 Å². The molecular formula is C14H28O2S2. The Kier molecular flexibility index (Phi) is 11.1. The summed E-state index contributed by atoms with van der Waals surface area (Å²) < 4.78 is 0. The highest BCUT2D eigenvalue weighted by Crippen LogP contribution is 2.27. The number of aliphatic carboxylic acids is 1. The first-order valence-electron chi connectivity index (χ1n) is 6.90. The van der Waals surface area contributed by atoms with Crippen LogP contribution in [0.2, 0.25) is 0 Å². The van der Waals surface area contributed by atoms with Gasteiger partial charge in [-0.05, 0) is 35.5 Å². The molecule has 0 amide bonds. The number of carboxylic acids is 1. The lowest BCUT2D eigenvalue weighted by atomic mass is 10.1. The summed E-state index contributed by atoms with van der Waals surface area (Å²) in [4.78, 5) is 10.5. The maximum atomic E-state index is 10.5. The van der Waals surface area contributed by atoms with Crippen LogP contribution in [0.3, 0.4) is 0 Å². The van der Waals surface area contributed by atoms with Crippen LogP contribution in [0, 0.1) is 0 Å². The van der Waals surface area contributed by atoms with Crippen LogP contribution in [0.15, 0.2) is 0 Å². The number of rotatable bonds is 11. The zero-order chi connectivity index (χ0) is 14.0. The molecule has 0 bridgehead atoms. The Morgan fingerprint density at radius 1 is 1.06 bits per heavy atom. The third-order valence-electron chi connectivity index (χ3n) is 2.52. The van der Waals surface area contributed by atoms with E-state index in [0.29, 0.717) is 22.2 Å². The van der Waals surface area contributed by atoms with E-state index in [-0.39, 0.29) is 0 Å². The highest BCUT2D eigenvalue weighted by atomic mass is 32.2. The van der Waals surface area contributed by atoms with Crippen molar-refractivity contribution >= 4 is 29.5 Å². The highest BCUT2D eigenvalue weighted by Gasteiger charge is 2.12. The number of carboxylic acid groups (broad SMARTS) is 1. The molecule has 0 rings (SSSR count). The molecule has 0 aromatic carbocycles. The molecule has 0 aromatic rings. The standard InChI is InChI=1S/C14H28O2S2/c1-11(2)17-10-9-13(18-12(3)4)7-5-6-8-14(15)16/h11-13H,5-10H2,1-4H3,(H,15,16). The summed E-state index contributed by atoms with van der Waals surface area (Å²) in [5, 5.41) is 10.7. The Labute approximate surface area is 121 Å². The quantitative estimate of drug-likeness (QED) is 0.561. The molecule has 0 aliphatic carbocycles. The Bertz CT molecular complexity index is 218. The van der Waals surface area contributed by atoms with E-state index >= 15 is 0 Å². The number of carbonyl (C=O) groups is 1. The van der Waals surface area contributed by atoms with Crippen molar-refractivity contribution in [1.82, 2.24) is 0 Å². The van der Waals surface area contributed by atoms with E-state index in [9.17, 15) is 4.79 Å². The van der Waals surface area contributed by atoms with Crippen LogP contribution in [0.4, 0.5) is 0 Å². The second-order valence-corrected chi connectivity index (χ2v) is 8.72. The molecule has 0 aromatic heterocycles. The van der Waals surface area contributed by atoms with Crippen molar-refractivity contribution in [3.8, 4) is 0 Å². The summed E-state index contributed by atoms with van der Waals surface area (Å²) in [6, 6.07) is 0. The van der Waals surface area contributed by atoms with Gasteiger partial charge in [-0.1, -0.05) is 34.1 Å². The van der Waals surface area contributed by atoms with Crippen LogP contribution in [-0.4, -0.2) is 32.6 Å². The molecule has 0 radical (unpaired) electrons. The van der Waals surface area contributed by atoms with Crippen LogP contribution in [-0.2, 0) is 4.79 Å². The van der Waals surface area contributed by atoms with Crippen LogP contribution in [0.25, 0.3) is 0 Å². The normalized spacial score (nSPS) is 13.2. The molecular weight excluding hydrogens is 264 g/mol. The molecule has 0 fully saturated rings. The minimum absolute atomic E-state index is 0.319. The Morgan fingerprint density at radius 3 is 2.22 bits per heavy atom. The van der Waals surface area contributed by atoms with E-state index in [4.69, 9.17) is 5.11 Å². The fraction of sp³-hybridized carbons (Fsp3) is 0.929. The van der Waals surface area contributed by atoms with Gasteiger partial charge in [-0.2, -0.15) is 23.5 Å². The molecule has 4 heteroatoms. The van der Waals surface area contributed by atoms with Gasteiger partial charge >= 0.3 is 5.97 Å². The molecule has 1 unspecified atom stereocenters. The summed E-state index contributed by atoms with van der Waals surface area (Å²) in [5.41, 5.74) is 0. The van der Waals surface area contributed by atoms with Gasteiger partial charge < -0.3 is 5.11 Å². The van der Waals surface area contributed by atoms with E-state index in [1.54, 1.807) is 0 Å². The molecule has 1 N–H and O–H groups in total. The summed E-state index contributed by atoms with van der Waals surface area (Å²) >= 11 is 4.07. The van der Waals surface area contributed by atoms with Crippen molar-refractivity contribution in [2.75, 3.05) is 5.75 Å². The third-order valence-corrected chi connectivity index (χ3v) is 5.06. The molecule has 108 valence electrons. The smallest absolute Gasteiger partial charge is 0.303 e. The number of unbranched alkanes of at least 4 members (excludes halogenated alkanes) is 1. The van der Waals surface area contributed by atoms with Gasteiger partial charge in [0.25, 0.3) is 0 Å². The molecule has 2 nitrogen and oxygen atoms in total. The number of hydrogen-bond donors (Lipinski definition) is 1. The predicted molar refractivity (Wildman–Crippen MR) is 84.8 cm³/mol. The van der Waals surface area contributed by atoms with Crippen molar-refractivity contribution in [3.05, 3.63) is 0 Å². The van der Waals surface area contributed by atoms with Crippen LogP contribution in [0.5, 0.6) is 0 Å². The van der Waals surface area contributed by atoms with E-state index in [0.717, 1.165) is 19.3 Å². The largest absolute Gasteiger partial charge is 0.481 e. The summed E-state index contributed by atoms with van der Waals surface area (Å²) in [5.74, 6) is 0.555. The number of hydrogen-bond acceptors (Lipinski definition) is 3. The second-order valence-electron chi connectivity index (χ2n) is 5.15. The summed E-state index contributed by atoms with van der Waals surface area (Å²) in [6.45, 7) is 8.96. The van der Waals surface area contributed by atoms with Crippen LogP contribution < -0.4 is 0 Å². The highest BCUT2D eigenvalue weighted by molar-refractivity contribution is 8.01. The molecule has 1 atom stereocenters. The third kappa shape index (κ3) is 12.6. The first-order chi connectivity index (χ1) is 8.41. The average molecular weight is 293 g/mol. The van der Waals surface area contributed by atoms with Crippen molar-refractivity contribution < 1.29 is 9.90 Å². The average Bonchev–Trinajstić information content (AvgIpc) is 2.22. The van der Waals surface area contributed by atoms with E-state index in [1.807, 2.05) is 23.5 Å². The molecule has 0 aliphatic heterocycles. The van der Waals surface area contributed by atoms with Gasteiger partial charge in [0.05, 0.1) is 0 Å². The molecule has 0 saturated heterocycles. The second kappa shape index (κ2) is 11.0. The lowest BCUT2D eigenvalue weighted by Crippen LogP contribution is -2.09. The van der Waals surface area contributed by atoms with E-state index in [1.165, 1.54) is 12.2 Å². The molecule has 0 saturated carbocycles. The Balaban J connectivity index is 3.80. The van der Waals surface area contributed by atoms with Gasteiger partial charge in [0.15, 0.2) is 0 Å². The minimum atomic E-state index is -0.668. The first kappa shape index (κ1) is 18.2. The van der Waals surface area contributed by atoms with Gasteiger partial charge in [0.2, 0.25) is 0 Å². The van der Waals surface area contributed by atoms with Crippen molar-refractivity contribution in [2.24, 2.45) is 0 Å². The van der Waals surface area contributed by atoms with Crippen LogP contribution in [0.1, 0.15) is 59.8 Å². The zero-order valence-electron chi connectivity index (χ0n) is 12.1. The van der Waals surface area contributed by atoms with Crippen molar-refractivity contribution in [3.63, 3.8) is 0 Å².